The lowest BCUT2D eigenvalue weighted by Gasteiger charge is -2.42. The van der Waals surface area contributed by atoms with Gasteiger partial charge in [-0.25, -0.2) is 0 Å². The maximum atomic E-state index is 13.1. The average Bonchev–Trinajstić information content (AvgIpc) is 2.84. The normalized spacial score (nSPS) is 18.2. The van der Waals surface area contributed by atoms with Crippen molar-refractivity contribution in [2.45, 2.75) is 19.3 Å². The van der Waals surface area contributed by atoms with Crippen molar-refractivity contribution in [1.29, 1.82) is 5.26 Å². The number of methoxy groups -OCH3 is 2. The molecule has 1 saturated heterocycles. The molecule has 8 heteroatoms. The van der Waals surface area contributed by atoms with Gasteiger partial charge in [0.25, 0.3) is 0 Å². The minimum absolute atomic E-state index is 0.00237. The molecular formula is C24H25N3O4S. The zero-order valence-corrected chi connectivity index (χ0v) is 19.1. The minimum Gasteiger partial charge on any atom is -0.497 e. The average molecular weight is 452 g/mol. The summed E-state index contributed by atoms with van der Waals surface area (Å²) in [5.74, 6) is 2.38. The quantitative estimate of drug-likeness (QED) is 0.647. The highest BCUT2D eigenvalue weighted by Gasteiger charge is 2.38. The lowest BCUT2D eigenvalue weighted by Crippen LogP contribution is -2.47. The van der Waals surface area contributed by atoms with Crippen molar-refractivity contribution in [1.82, 2.24) is 4.90 Å². The van der Waals surface area contributed by atoms with E-state index >= 15 is 0 Å². The zero-order valence-electron chi connectivity index (χ0n) is 18.3. The van der Waals surface area contributed by atoms with Gasteiger partial charge in [-0.3, -0.25) is 9.69 Å². The van der Waals surface area contributed by atoms with Crippen LogP contribution in [-0.2, 0) is 4.79 Å². The van der Waals surface area contributed by atoms with Gasteiger partial charge in [-0.1, -0.05) is 17.8 Å². The molecule has 4 rings (SSSR count). The molecule has 2 heterocycles. The van der Waals surface area contributed by atoms with Crippen LogP contribution in [0.5, 0.6) is 17.2 Å². The number of hydrogen-bond donors (Lipinski definition) is 0. The Labute approximate surface area is 192 Å². The van der Waals surface area contributed by atoms with E-state index in [0.29, 0.717) is 36.2 Å². The number of ether oxygens (including phenoxy) is 3. The summed E-state index contributed by atoms with van der Waals surface area (Å²) >= 11 is 1.52. The number of nitrogens with zero attached hydrogens (tertiary/aromatic N) is 3. The van der Waals surface area contributed by atoms with Gasteiger partial charge in [0.1, 0.15) is 5.75 Å². The van der Waals surface area contributed by atoms with E-state index in [0.717, 1.165) is 22.0 Å². The lowest BCUT2D eigenvalue weighted by molar-refractivity contribution is -0.129. The van der Waals surface area contributed by atoms with Gasteiger partial charge in [0.15, 0.2) is 11.5 Å². The van der Waals surface area contributed by atoms with Gasteiger partial charge in [-0.15, -0.1) is 0 Å². The summed E-state index contributed by atoms with van der Waals surface area (Å²) in [7, 11) is 3.22. The van der Waals surface area contributed by atoms with Crippen LogP contribution in [0.15, 0.2) is 53.1 Å². The first-order valence-corrected chi connectivity index (χ1v) is 11.3. The highest BCUT2D eigenvalue weighted by molar-refractivity contribution is 8.03. The summed E-state index contributed by atoms with van der Waals surface area (Å²) in [5.41, 5.74) is 2.50. The molecule has 32 heavy (non-hydrogen) atoms. The Hall–Kier alpha value is -3.31. The van der Waals surface area contributed by atoms with Gasteiger partial charge in [-0.05, 0) is 48.9 Å². The maximum Gasteiger partial charge on any atom is 0.229 e. The number of carbonyl (C=O) groups is 1. The molecular weight excluding hydrogens is 426 g/mol. The molecule has 0 bridgehead atoms. The van der Waals surface area contributed by atoms with Crippen LogP contribution < -0.4 is 19.1 Å². The van der Waals surface area contributed by atoms with Crippen molar-refractivity contribution in [2.75, 3.05) is 38.3 Å². The molecule has 166 valence electrons. The number of rotatable bonds is 6. The number of allylic oxidation sites excluding steroid dienone is 1. The molecule has 1 amide bonds. The Bertz CT molecular complexity index is 1080. The largest absolute Gasteiger partial charge is 0.497 e. The number of fused-ring (bicyclic) bond motifs is 1. The van der Waals surface area contributed by atoms with Crippen molar-refractivity contribution in [3.8, 4) is 23.3 Å². The third-order valence-corrected chi connectivity index (χ3v) is 6.78. The van der Waals surface area contributed by atoms with Crippen LogP contribution in [0.2, 0.25) is 0 Å². The van der Waals surface area contributed by atoms with Gasteiger partial charge in [0, 0.05) is 18.0 Å². The first-order chi connectivity index (χ1) is 15.6. The molecule has 7 nitrogen and oxygen atoms in total. The topological polar surface area (TPSA) is 75.0 Å². The molecule has 0 aliphatic carbocycles. The van der Waals surface area contributed by atoms with Crippen LogP contribution in [0.4, 0.5) is 5.69 Å². The van der Waals surface area contributed by atoms with E-state index in [1.54, 1.807) is 19.1 Å². The van der Waals surface area contributed by atoms with Gasteiger partial charge in [0.05, 0.1) is 50.0 Å². The summed E-state index contributed by atoms with van der Waals surface area (Å²) in [4.78, 5) is 17.0. The molecule has 0 saturated carbocycles. The Balaban J connectivity index is 1.63. The van der Waals surface area contributed by atoms with Crippen molar-refractivity contribution >= 4 is 23.4 Å². The fourth-order valence-corrected chi connectivity index (χ4v) is 5.15. The van der Waals surface area contributed by atoms with Crippen molar-refractivity contribution in [2.24, 2.45) is 0 Å². The molecule has 2 aliphatic rings. The van der Waals surface area contributed by atoms with Crippen molar-refractivity contribution in [3.05, 3.63) is 58.6 Å². The number of amides is 1. The second kappa shape index (κ2) is 9.45. The standard InChI is InChI=1S/C24H25N3O4S/c1-4-31-21-10-5-16(11-22(21)30-3)19-12-23(28)27-14-26(15-32-24(27)20(19)13-25)17-6-8-18(29-2)9-7-17/h5-11,19H,4,12,14-15H2,1-3H3/t19-/m0/s1. The first-order valence-electron chi connectivity index (χ1n) is 10.4. The van der Waals surface area contributed by atoms with E-state index in [-0.39, 0.29) is 18.2 Å². The second-order valence-electron chi connectivity index (χ2n) is 7.41. The number of thioether (sulfide) groups is 1. The number of benzene rings is 2. The summed E-state index contributed by atoms with van der Waals surface area (Å²) in [6.07, 6.45) is 0.237. The molecule has 1 fully saturated rings. The fraction of sp³-hybridized carbons (Fsp3) is 0.333. The Morgan fingerprint density at radius 2 is 1.91 bits per heavy atom. The zero-order chi connectivity index (χ0) is 22.7. The van der Waals surface area contributed by atoms with E-state index in [1.165, 1.54) is 11.8 Å². The monoisotopic (exact) mass is 451 g/mol. The number of carbonyl (C=O) groups excluding carboxylic acids is 1. The molecule has 0 aromatic heterocycles. The molecule has 0 N–H and O–H groups in total. The molecule has 0 unspecified atom stereocenters. The summed E-state index contributed by atoms with van der Waals surface area (Å²) in [5, 5.41) is 10.8. The molecule has 0 radical (unpaired) electrons. The van der Waals surface area contributed by atoms with Crippen LogP contribution >= 0.6 is 11.8 Å². The van der Waals surface area contributed by atoms with Crippen molar-refractivity contribution in [3.63, 3.8) is 0 Å². The van der Waals surface area contributed by atoms with Crippen molar-refractivity contribution < 1.29 is 19.0 Å². The van der Waals surface area contributed by atoms with Crippen LogP contribution in [0, 0.1) is 11.3 Å². The van der Waals surface area contributed by atoms with E-state index in [2.05, 4.69) is 11.0 Å². The maximum absolute atomic E-state index is 13.1. The molecule has 2 aliphatic heterocycles. The Kier molecular flexibility index (Phi) is 6.47. The van der Waals surface area contributed by atoms with Crippen LogP contribution in [-0.4, -0.2) is 44.2 Å². The Morgan fingerprint density at radius 3 is 2.56 bits per heavy atom. The smallest absolute Gasteiger partial charge is 0.229 e. The van der Waals surface area contributed by atoms with Gasteiger partial charge < -0.3 is 19.1 Å². The highest BCUT2D eigenvalue weighted by Crippen LogP contribution is 2.44. The van der Waals surface area contributed by atoms with Crippen LogP contribution in [0.3, 0.4) is 0 Å². The van der Waals surface area contributed by atoms with E-state index in [9.17, 15) is 10.1 Å². The minimum atomic E-state index is -0.302. The SMILES string of the molecule is CCOc1ccc([C@@H]2CC(=O)N3CN(c4ccc(OC)cc4)CSC3=C2C#N)cc1OC. The van der Waals surface area contributed by atoms with Gasteiger partial charge in [-0.2, -0.15) is 5.26 Å². The molecule has 0 spiro atoms. The third kappa shape index (κ3) is 4.08. The molecule has 2 aromatic rings. The molecule has 1 atom stereocenters. The lowest BCUT2D eigenvalue weighted by atomic mass is 9.86. The number of nitriles is 1. The van der Waals surface area contributed by atoms with Gasteiger partial charge in [0.2, 0.25) is 5.91 Å². The summed E-state index contributed by atoms with van der Waals surface area (Å²) < 4.78 is 16.3. The number of hydrogen-bond acceptors (Lipinski definition) is 7. The third-order valence-electron chi connectivity index (χ3n) is 5.62. The van der Waals surface area contributed by atoms with E-state index in [4.69, 9.17) is 14.2 Å². The van der Waals surface area contributed by atoms with E-state index < -0.39 is 0 Å². The van der Waals surface area contributed by atoms with Crippen LogP contribution in [0.25, 0.3) is 0 Å². The predicted molar refractivity (Wildman–Crippen MR) is 124 cm³/mol. The number of anilines is 1. The fourth-order valence-electron chi connectivity index (χ4n) is 3.98. The summed E-state index contributed by atoms with van der Waals surface area (Å²) in [6, 6.07) is 15.8. The molecule has 2 aromatic carbocycles. The second-order valence-corrected chi connectivity index (χ2v) is 8.34. The predicted octanol–water partition coefficient (Wildman–Crippen LogP) is 4.32. The Morgan fingerprint density at radius 1 is 1.12 bits per heavy atom. The van der Waals surface area contributed by atoms with Crippen LogP contribution in [0.1, 0.15) is 24.8 Å². The van der Waals surface area contributed by atoms with E-state index in [1.807, 2.05) is 49.4 Å². The highest BCUT2D eigenvalue weighted by atomic mass is 32.2. The van der Waals surface area contributed by atoms with Gasteiger partial charge >= 0.3 is 0 Å². The first kappa shape index (κ1) is 21.9. The summed E-state index contributed by atoms with van der Waals surface area (Å²) in [6.45, 7) is 2.86.